The molecule has 1 aliphatic rings. The number of nitrogens with zero attached hydrogens (tertiary/aromatic N) is 7. The molecule has 49 heavy (non-hydrogen) atoms. The summed E-state index contributed by atoms with van der Waals surface area (Å²) in [6.07, 6.45) is 1.56. The molecule has 0 radical (unpaired) electrons. The summed E-state index contributed by atoms with van der Waals surface area (Å²) in [5.74, 6) is 0.748. The van der Waals surface area contributed by atoms with Crippen molar-refractivity contribution in [2.24, 2.45) is 0 Å². The third kappa shape index (κ3) is 7.61. The van der Waals surface area contributed by atoms with Crippen LogP contribution in [0, 0.1) is 0 Å². The standard InChI is InChI=1S/C34H31F3N8O4/c1-3-49-29-16-23(18-38-20-29)24-19-39-45(21-24)27-15-22(14-25(17-27)34(35,36)37)33(47)44-12-10-43(11-13-44)31-9-8-30(41-42-31)32(46)40-26-4-6-28(48-2)7-5-26/h4-9,14-21H,3,10-13H2,1-2H3,(H,40,46). The molecule has 0 atom stereocenters. The van der Waals surface area contributed by atoms with Crippen molar-refractivity contribution >= 4 is 23.3 Å². The Balaban J connectivity index is 1.13. The first-order valence-electron chi connectivity index (χ1n) is 15.3. The third-order valence-electron chi connectivity index (χ3n) is 7.82. The Morgan fingerprint density at radius 1 is 0.878 bits per heavy atom. The van der Waals surface area contributed by atoms with Gasteiger partial charge < -0.3 is 24.6 Å². The SMILES string of the molecule is CCOc1cncc(-c2cnn(-c3cc(C(=O)N4CCN(c5ccc(C(=O)Nc6ccc(OC)cc6)nn5)CC4)cc(C(F)(F)F)c3)c2)c1. The average molecular weight is 673 g/mol. The van der Waals surface area contributed by atoms with Crippen molar-refractivity contribution in [2.45, 2.75) is 13.1 Å². The fraction of sp³-hybridized carbons (Fsp3) is 0.235. The van der Waals surface area contributed by atoms with E-state index in [0.29, 0.717) is 53.8 Å². The maximum atomic E-state index is 14.0. The molecule has 252 valence electrons. The molecular formula is C34H31F3N8O4. The predicted molar refractivity (Wildman–Crippen MR) is 174 cm³/mol. The molecule has 1 fully saturated rings. The molecule has 2 amide bonds. The summed E-state index contributed by atoms with van der Waals surface area (Å²) in [5, 5.41) is 15.3. The monoisotopic (exact) mass is 672 g/mol. The number of amides is 2. The lowest BCUT2D eigenvalue weighted by Gasteiger charge is -2.35. The van der Waals surface area contributed by atoms with Gasteiger partial charge in [-0.25, -0.2) is 4.68 Å². The van der Waals surface area contributed by atoms with Crippen LogP contribution >= 0.6 is 0 Å². The maximum Gasteiger partial charge on any atom is 0.416 e. The Morgan fingerprint density at radius 3 is 2.33 bits per heavy atom. The van der Waals surface area contributed by atoms with E-state index in [-0.39, 0.29) is 30.0 Å². The Labute approximate surface area is 279 Å². The van der Waals surface area contributed by atoms with Gasteiger partial charge in [0.25, 0.3) is 11.8 Å². The van der Waals surface area contributed by atoms with E-state index in [1.54, 1.807) is 68.2 Å². The number of ether oxygens (including phenoxy) is 2. The highest BCUT2D eigenvalue weighted by Crippen LogP contribution is 2.33. The topological polar surface area (TPSA) is 128 Å². The van der Waals surface area contributed by atoms with Crippen LogP contribution in [0.3, 0.4) is 0 Å². The van der Waals surface area contributed by atoms with Gasteiger partial charge in [-0.05, 0) is 67.6 Å². The normalized spacial score (nSPS) is 13.2. The van der Waals surface area contributed by atoms with Crippen LogP contribution in [-0.2, 0) is 6.18 Å². The van der Waals surface area contributed by atoms with E-state index in [0.717, 1.165) is 12.1 Å². The molecule has 0 aliphatic carbocycles. The molecule has 4 heterocycles. The van der Waals surface area contributed by atoms with Crippen LogP contribution in [-0.4, -0.2) is 81.6 Å². The second kappa shape index (κ2) is 14.0. The number of carbonyl (C=O) groups excluding carboxylic acids is 2. The number of alkyl halides is 3. The van der Waals surface area contributed by atoms with Crippen LogP contribution in [0.1, 0.15) is 33.3 Å². The summed E-state index contributed by atoms with van der Waals surface area (Å²) >= 11 is 0. The molecule has 0 saturated carbocycles. The van der Waals surface area contributed by atoms with Gasteiger partial charge in [-0.2, -0.15) is 18.3 Å². The van der Waals surface area contributed by atoms with E-state index in [9.17, 15) is 22.8 Å². The van der Waals surface area contributed by atoms with Crippen molar-refractivity contribution in [1.82, 2.24) is 29.9 Å². The maximum absolute atomic E-state index is 14.0. The summed E-state index contributed by atoms with van der Waals surface area (Å²) in [6.45, 7) is 3.50. The molecule has 1 N–H and O–H groups in total. The van der Waals surface area contributed by atoms with Crippen LogP contribution in [0.4, 0.5) is 24.7 Å². The first-order chi connectivity index (χ1) is 23.6. The Hall–Kier alpha value is -5.99. The fourth-order valence-corrected chi connectivity index (χ4v) is 5.27. The molecule has 0 unspecified atom stereocenters. The van der Waals surface area contributed by atoms with Crippen LogP contribution in [0.25, 0.3) is 16.8 Å². The number of hydrogen-bond acceptors (Lipinski definition) is 9. The molecule has 5 aromatic rings. The van der Waals surface area contributed by atoms with Crippen LogP contribution < -0.4 is 19.7 Å². The largest absolute Gasteiger partial charge is 0.497 e. The highest BCUT2D eigenvalue weighted by atomic mass is 19.4. The zero-order chi connectivity index (χ0) is 34.5. The van der Waals surface area contributed by atoms with Gasteiger partial charge in [0, 0.05) is 61.0 Å². The number of carbonyl (C=O) groups is 2. The molecule has 0 spiro atoms. The summed E-state index contributed by atoms with van der Waals surface area (Å²) in [4.78, 5) is 33.7. The zero-order valence-corrected chi connectivity index (χ0v) is 26.5. The van der Waals surface area contributed by atoms with Gasteiger partial charge in [-0.15, -0.1) is 10.2 Å². The number of methoxy groups -OCH3 is 1. The summed E-state index contributed by atoms with van der Waals surface area (Å²) in [5.41, 5.74) is 0.995. The quantitative estimate of drug-likeness (QED) is 0.220. The van der Waals surface area contributed by atoms with E-state index >= 15 is 0 Å². The van der Waals surface area contributed by atoms with Gasteiger partial charge >= 0.3 is 6.18 Å². The number of hydrogen-bond donors (Lipinski definition) is 1. The number of halogens is 3. The van der Waals surface area contributed by atoms with E-state index in [2.05, 4.69) is 25.6 Å². The number of benzene rings is 2. The van der Waals surface area contributed by atoms with Crippen molar-refractivity contribution in [1.29, 1.82) is 0 Å². The lowest BCUT2D eigenvalue weighted by Crippen LogP contribution is -2.49. The van der Waals surface area contributed by atoms with Crippen molar-refractivity contribution < 1.29 is 32.2 Å². The minimum absolute atomic E-state index is 0.0865. The third-order valence-corrected chi connectivity index (χ3v) is 7.82. The second-order valence-corrected chi connectivity index (χ2v) is 11.0. The molecule has 15 heteroatoms. The van der Waals surface area contributed by atoms with E-state index in [1.807, 2.05) is 11.8 Å². The summed E-state index contributed by atoms with van der Waals surface area (Å²) < 4.78 is 53.9. The van der Waals surface area contributed by atoms with E-state index < -0.39 is 23.6 Å². The first-order valence-corrected chi connectivity index (χ1v) is 15.3. The smallest absolute Gasteiger partial charge is 0.416 e. The molecule has 1 aliphatic heterocycles. The predicted octanol–water partition coefficient (Wildman–Crippen LogP) is 5.37. The minimum atomic E-state index is -4.69. The fourth-order valence-electron chi connectivity index (χ4n) is 5.27. The molecule has 12 nitrogen and oxygen atoms in total. The molecule has 0 bridgehead atoms. The van der Waals surface area contributed by atoms with Crippen LogP contribution in [0.2, 0.25) is 0 Å². The lowest BCUT2D eigenvalue weighted by atomic mass is 10.1. The van der Waals surface area contributed by atoms with E-state index in [1.165, 1.54) is 21.8 Å². The molecule has 6 rings (SSSR count). The van der Waals surface area contributed by atoms with Gasteiger partial charge in [0.05, 0.1) is 37.4 Å². The number of nitrogens with one attached hydrogen (secondary N) is 1. The molecule has 2 aromatic carbocycles. The highest BCUT2D eigenvalue weighted by molar-refractivity contribution is 6.02. The van der Waals surface area contributed by atoms with Crippen molar-refractivity contribution in [3.63, 3.8) is 0 Å². The second-order valence-electron chi connectivity index (χ2n) is 11.0. The zero-order valence-electron chi connectivity index (χ0n) is 26.5. The van der Waals surface area contributed by atoms with Gasteiger partial charge in [-0.1, -0.05) is 0 Å². The van der Waals surface area contributed by atoms with Gasteiger partial charge in [0.2, 0.25) is 0 Å². The Bertz CT molecular complexity index is 1940. The Morgan fingerprint density at radius 2 is 1.65 bits per heavy atom. The summed E-state index contributed by atoms with van der Waals surface area (Å²) in [7, 11) is 1.55. The average Bonchev–Trinajstić information content (AvgIpc) is 3.62. The van der Waals surface area contributed by atoms with Crippen molar-refractivity contribution in [3.8, 4) is 28.3 Å². The number of anilines is 2. The number of rotatable bonds is 9. The van der Waals surface area contributed by atoms with Crippen molar-refractivity contribution in [3.05, 3.63) is 102 Å². The molecular weight excluding hydrogens is 641 g/mol. The molecule has 3 aromatic heterocycles. The van der Waals surface area contributed by atoms with Gasteiger partial charge in [0.15, 0.2) is 11.5 Å². The van der Waals surface area contributed by atoms with Crippen molar-refractivity contribution in [2.75, 3.05) is 50.1 Å². The number of piperazine rings is 1. The van der Waals surface area contributed by atoms with Gasteiger partial charge in [-0.3, -0.25) is 14.6 Å². The molecule has 1 saturated heterocycles. The summed E-state index contributed by atoms with van der Waals surface area (Å²) in [6, 6.07) is 15.0. The minimum Gasteiger partial charge on any atom is -0.497 e. The van der Waals surface area contributed by atoms with Gasteiger partial charge in [0.1, 0.15) is 11.5 Å². The van der Waals surface area contributed by atoms with Crippen LogP contribution in [0.5, 0.6) is 11.5 Å². The van der Waals surface area contributed by atoms with E-state index in [4.69, 9.17) is 9.47 Å². The Kier molecular flexibility index (Phi) is 9.42. The highest BCUT2D eigenvalue weighted by Gasteiger charge is 2.33. The first kappa shape index (κ1) is 32.9. The lowest BCUT2D eigenvalue weighted by molar-refractivity contribution is -0.137. The number of aromatic nitrogens is 5. The van der Waals surface area contributed by atoms with Crippen LogP contribution in [0.15, 0.2) is 85.5 Å². The number of pyridine rings is 1.